The van der Waals surface area contributed by atoms with E-state index in [0.717, 1.165) is 5.56 Å². The Hall–Kier alpha value is -3.02. The smallest absolute Gasteiger partial charge is 0.247 e. The monoisotopic (exact) mass is 282 g/mol. The molecule has 1 aromatic carbocycles. The molecular formula is C15H11FN4O. The van der Waals surface area contributed by atoms with Gasteiger partial charge in [0.1, 0.15) is 5.82 Å². The Balaban J connectivity index is 2.19. The number of rotatable bonds is 2. The van der Waals surface area contributed by atoms with E-state index in [1.165, 1.54) is 18.2 Å². The summed E-state index contributed by atoms with van der Waals surface area (Å²) in [7, 11) is 0. The minimum Gasteiger partial charge on any atom is -0.368 e. The van der Waals surface area contributed by atoms with E-state index in [1.54, 1.807) is 30.6 Å². The van der Waals surface area contributed by atoms with Gasteiger partial charge in [-0.15, -0.1) is 0 Å². The van der Waals surface area contributed by atoms with Crippen LogP contribution in [-0.2, 0) is 0 Å². The molecule has 0 atom stereocenters. The molecule has 6 heteroatoms. The number of pyridine rings is 1. The molecule has 3 rings (SSSR count). The maximum atomic E-state index is 13.1. The van der Waals surface area contributed by atoms with Crippen LogP contribution in [0.1, 0.15) is 0 Å². The average Bonchev–Trinajstić information content (AvgIpc) is 2.49. The van der Waals surface area contributed by atoms with Gasteiger partial charge >= 0.3 is 0 Å². The first-order valence-corrected chi connectivity index (χ1v) is 6.21. The SMILES string of the molecule is Nc1ncc(-c2ccc(=O)[nH]c2)c(-c2ccc(F)cc2)n1. The first-order chi connectivity index (χ1) is 10.1. The van der Waals surface area contributed by atoms with Crippen molar-refractivity contribution in [3.05, 3.63) is 65.0 Å². The summed E-state index contributed by atoms with van der Waals surface area (Å²) < 4.78 is 13.1. The number of hydrogen-bond acceptors (Lipinski definition) is 4. The van der Waals surface area contributed by atoms with Gasteiger partial charge in [-0.2, -0.15) is 0 Å². The number of halogens is 1. The second-order valence-corrected chi connectivity index (χ2v) is 4.44. The number of nitrogen functional groups attached to an aromatic ring is 1. The predicted molar refractivity (Wildman–Crippen MR) is 77.9 cm³/mol. The van der Waals surface area contributed by atoms with Crippen LogP contribution in [0.2, 0.25) is 0 Å². The lowest BCUT2D eigenvalue weighted by molar-refractivity contribution is 0.628. The van der Waals surface area contributed by atoms with E-state index in [9.17, 15) is 9.18 Å². The molecular weight excluding hydrogens is 271 g/mol. The van der Waals surface area contributed by atoms with Gasteiger partial charge in [-0.25, -0.2) is 14.4 Å². The van der Waals surface area contributed by atoms with Crippen molar-refractivity contribution in [1.82, 2.24) is 15.0 Å². The topological polar surface area (TPSA) is 84.7 Å². The standard InChI is InChI=1S/C15H11FN4O/c16-11-4-1-9(2-5-11)14-12(8-19-15(17)20-14)10-3-6-13(21)18-7-10/h1-8H,(H,18,21)(H2,17,19,20). The third-order valence-electron chi connectivity index (χ3n) is 3.02. The van der Waals surface area contributed by atoms with Crippen LogP contribution in [0.15, 0.2) is 53.6 Å². The zero-order valence-corrected chi connectivity index (χ0v) is 10.9. The van der Waals surface area contributed by atoms with Crippen LogP contribution in [0, 0.1) is 5.82 Å². The van der Waals surface area contributed by atoms with E-state index in [2.05, 4.69) is 15.0 Å². The van der Waals surface area contributed by atoms with Gasteiger partial charge in [-0.3, -0.25) is 4.79 Å². The van der Waals surface area contributed by atoms with Crippen LogP contribution >= 0.6 is 0 Å². The van der Waals surface area contributed by atoms with Gasteiger partial charge in [0, 0.05) is 35.2 Å². The molecule has 0 bridgehead atoms. The maximum Gasteiger partial charge on any atom is 0.247 e. The third kappa shape index (κ3) is 2.64. The summed E-state index contributed by atoms with van der Waals surface area (Å²) in [5.41, 5.74) is 8.19. The number of H-pyrrole nitrogens is 1. The molecule has 3 N–H and O–H groups in total. The van der Waals surface area contributed by atoms with Crippen molar-refractivity contribution in [2.75, 3.05) is 5.73 Å². The van der Waals surface area contributed by atoms with Crippen LogP contribution in [0.4, 0.5) is 10.3 Å². The summed E-state index contributed by atoms with van der Waals surface area (Å²) in [6, 6.07) is 9.02. The molecule has 0 radical (unpaired) electrons. The van der Waals surface area contributed by atoms with Gasteiger partial charge in [-0.1, -0.05) is 0 Å². The second kappa shape index (κ2) is 5.16. The first kappa shape index (κ1) is 13.0. The molecule has 0 amide bonds. The van der Waals surface area contributed by atoms with Gasteiger partial charge in [0.15, 0.2) is 0 Å². The Morgan fingerprint density at radius 2 is 1.76 bits per heavy atom. The minimum atomic E-state index is -0.327. The predicted octanol–water partition coefficient (Wildman–Crippen LogP) is 2.22. The molecule has 0 aliphatic carbocycles. The van der Waals surface area contributed by atoms with Crippen molar-refractivity contribution in [3.63, 3.8) is 0 Å². The van der Waals surface area contributed by atoms with Crippen molar-refractivity contribution in [2.24, 2.45) is 0 Å². The van der Waals surface area contributed by atoms with E-state index in [4.69, 9.17) is 5.73 Å². The molecule has 21 heavy (non-hydrogen) atoms. The van der Waals surface area contributed by atoms with Crippen molar-refractivity contribution in [1.29, 1.82) is 0 Å². The molecule has 0 aliphatic heterocycles. The van der Waals surface area contributed by atoms with E-state index in [-0.39, 0.29) is 17.3 Å². The summed E-state index contributed by atoms with van der Waals surface area (Å²) in [5, 5.41) is 0. The van der Waals surface area contributed by atoms with Crippen LogP contribution in [-0.4, -0.2) is 15.0 Å². The molecule has 2 aromatic heterocycles. The van der Waals surface area contributed by atoms with Gasteiger partial charge in [0.2, 0.25) is 11.5 Å². The first-order valence-electron chi connectivity index (χ1n) is 6.21. The van der Waals surface area contributed by atoms with Crippen molar-refractivity contribution >= 4 is 5.95 Å². The summed E-state index contributed by atoms with van der Waals surface area (Å²) in [5.74, 6) is -0.200. The van der Waals surface area contributed by atoms with Gasteiger partial charge in [0.25, 0.3) is 0 Å². The maximum absolute atomic E-state index is 13.1. The van der Waals surface area contributed by atoms with Crippen LogP contribution in [0.25, 0.3) is 22.4 Å². The number of nitrogens with two attached hydrogens (primary N) is 1. The fourth-order valence-corrected chi connectivity index (χ4v) is 2.01. The normalized spacial score (nSPS) is 10.5. The number of aromatic nitrogens is 3. The van der Waals surface area contributed by atoms with Crippen molar-refractivity contribution in [2.45, 2.75) is 0 Å². The summed E-state index contributed by atoms with van der Waals surface area (Å²) in [6.07, 6.45) is 3.15. The quantitative estimate of drug-likeness (QED) is 0.754. The lowest BCUT2D eigenvalue weighted by Gasteiger charge is -2.09. The number of benzene rings is 1. The van der Waals surface area contributed by atoms with Crippen LogP contribution < -0.4 is 11.3 Å². The van der Waals surface area contributed by atoms with Gasteiger partial charge in [0.05, 0.1) is 5.69 Å². The van der Waals surface area contributed by atoms with Crippen molar-refractivity contribution in [3.8, 4) is 22.4 Å². The highest BCUT2D eigenvalue weighted by molar-refractivity contribution is 5.80. The lowest BCUT2D eigenvalue weighted by Crippen LogP contribution is -2.03. The largest absolute Gasteiger partial charge is 0.368 e. The molecule has 5 nitrogen and oxygen atoms in total. The Morgan fingerprint density at radius 3 is 2.43 bits per heavy atom. The van der Waals surface area contributed by atoms with E-state index in [0.29, 0.717) is 16.8 Å². The van der Waals surface area contributed by atoms with Gasteiger partial charge < -0.3 is 10.7 Å². The molecule has 2 heterocycles. The average molecular weight is 282 g/mol. The zero-order valence-electron chi connectivity index (χ0n) is 10.9. The Bertz CT molecular complexity index is 823. The fourth-order valence-electron chi connectivity index (χ4n) is 2.01. The number of nitrogens with one attached hydrogen (secondary N) is 1. The molecule has 104 valence electrons. The molecule has 0 aliphatic rings. The molecule has 0 saturated heterocycles. The summed E-state index contributed by atoms with van der Waals surface area (Å²) >= 11 is 0. The third-order valence-corrected chi connectivity index (χ3v) is 3.02. The van der Waals surface area contributed by atoms with E-state index < -0.39 is 0 Å². The molecule has 0 fully saturated rings. The minimum absolute atomic E-state index is 0.127. The Labute approximate surface area is 119 Å². The van der Waals surface area contributed by atoms with Crippen molar-refractivity contribution < 1.29 is 4.39 Å². The fraction of sp³-hybridized carbons (Fsp3) is 0. The van der Waals surface area contributed by atoms with E-state index in [1.807, 2.05) is 0 Å². The van der Waals surface area contributed by atoms with E-state index >= 15 is 0 Å². The molecule has 3 aromatic rings. The van der Waals surface area contributed by atoms with Crippen LogP contribution in [0.5, 0.6) is 0 Å². The summed E-state index contributed by atoms with van der Waals surface area (Å²) in [6.45, 7) is 0. The number of anilines is 1. The highest BCUT2D eigenvalue weighted by atomic mass is 19.1. The number of hydrogen-bond donors (Lipinski definition) is 2. The van der Waals surface area contributed by atoms with Gasteiger partial charge in [-0.05, 0) is 30.3 Å². The highest BCUT2D eigenvalue weighted by Gasteiger charge is 2.11. The summed E-state index contributed by atoms with van der Waals surface area (Å²) in [4.78, 5) is 22.0. The zero-order chi connectivity index (χ0) is 14.8. The Kier molecular flexibility index (Phi) is 3.19. The number of nitrogens with zero attached hydrogens (tertiary/aromatic N) is 2. The lowest BCUT2D eigenvalue weighted by atomic mass is 10.0. The van der Waals surface area contributed by atoms with Crippen LogP contribution in [0.3, 0.4) is 0 Å². The molecule has 0 unspecified atom stereocenters. The Morgan fingerprint density at radius 1 is 1.05 bits per heavy atom. The highest BCUT2D eigenvalue weighted by Crippen LogP contribution is 2.29. The molecule has 0 saturated carbocycles. The number of aromatic amines is 1. The second-order valence-electron chi connectivity index (χ2n) is 4.44. The molecule has 0 spiro atoms.